The topological polar surface area (TPSA) is 383 Å². The smallest absolute Gasteiger partial charge is 0.251 e. The fourth-order valence-electron chi connectivity index (χ4n) is 9.79. The highest BCUT2D eigenvalue weighted by Crippen LogP contribution is 2.37. The molecule has 4 aliphatic heterocycles. The number of hydrogen-bond donors (Lipinski definition) is 14. The Kier molecular flexibility index (Phi) is 24.3. The van der Waals surface area contributed by atoms with Gasteiger partial charge in [0.1, 0.15) is 78.8 Å². The molecule has 4 heterocycles. The fraction of sp³-hybridized carbons (Fsp3) is 0.755. The number of carbonyl (C=O) groups is 4. The SMILES string of the molecule is CCCCCC/C=C\CCCOc1cccc(C(=O)NC2C(OC3C(CO)OC(OC4C(CO)OC(CC5C(CO)OC(O)C(NC(C)=O)C5O)C(NC(C)=O)C4O)C(NC(C)=O)C3O)OC(CO)C(O)C2O)c1. The fourth-order valence-corrected chi connectivity index (χ4v) is 9.79. The number of nitrogens with one attached hydrogen (secondary N) is 4. The Labute approximate surface area is 429 Å². The number of benzene rings is 1. The minimum atomic E-state index is -1.91. The summed E-state index contributed by atoms with van der Waals surface area (Å²) in [7, 11) is 0. The number of unbranched alkanes of at least 4 members (excludes halogenated alkanes) is 5. The molecule has 4 fully saturated rings. The van der Waals surface area contributed by atoms with Crippen molar-refractivity contribution in [3.8, 4) is 5.75 Å². The first-order valence-electron chi connectivity index (χ1n) is 25.3. The maximum Gasteiger partial charge on any atom is 0.251 e. The van der Waals surface area contributed by atoms with Gasteiger partial charge in [0.2, 0.25) is 17.7 Å². The van der Waals surface area contributed by atoms with E-state index in [1.54, 1.807) is 12.1 Å². The molecular formula is C49H78N4O21. The minimum Gasteiger partial charge on any atom is -0.494 e. The molecule has 1 aromatic rings. The number of allylic oxidation sites excluding steroid dienone is 2. The van der Waals surface area contributed by atoms with Crippen molar-refractivity contribution in [3.63, 3.8) is 0 Å². The standard InChI is InChI=1S/C49H78N4O21/c1-5-6-7-8-9-10-11-12-13-17-68-28-16-14-15-27(18-28)46(66)53-37-41(63)40(62)32(21-55)71-48(37)74-45-34(23-57)72-49(38(43(45)65)52-26(4)60)73-44-33(22-56)69-30(35(42(44)64)50-24(2)58)19-29-31(20-54)70-47(67)36(39(29)61)51-25(3)59/h10-11,14-16,18,29-45,47-49,54-57,61-65,67H,5-9,12-13,17,19-23H2,1-4H3,(H,50,58)(H,51,59)(H,52,60)(H,53,66)/b11-10-. The Morgan fingerprint density at radius 2 is 1.11 bits per heavy atom. The van der Waals surface area contributed by atoms with Crippen LogP contribution in [0.25, 0.3) is 0 Å². The molecular weight excluding hydrogens is 981 g/mol. The Morgan fingerprint density at radius 3 is 1.70 bits per heavy atom. The van der Waals surface area contributed by atoms with Crippen LogP contribution in [0.3, 0.4) is 0 Å². The van der Waals surface area contributed by atoms with Gasteiger partial charge in [-0.1, -0.05) is 44.4 Å². The molecule has 4 aliphatic rings. The number of aliphatic hydroxyl groups excluding tert-OH is 10. The second-order valence-electron chi connectivity index (χ2n) is 19.2. The van der Waals surface area contributed by atoms with Crippen LogP contribution in [-0.2, 0) is 42.8 Å². The van der Waals surface area contributed by atoms with E-state index in [-0.39, 0.29) is 12.0 Å². The Hall–Kier alpha value is -4.00. The van der Waals surface area contributed by atoms with E-state index in [9.17, 15) is 70.2 Å². The third kappa shape index (κ3) is 16.0. The number of carbonyl (C=O) groups excluding carboxylic acids is 4. The third-order valence-corrected chi connectivity index (χ3v) is 13.6. The summed E-state index contributed by atoms with van der Waals surface area (Å²) >= 11 is 0. The van der Waals surface area contributed by atoms with Gasteiger partial charge in [-0.05, 0) is 50.3 Å². The average Bonchev–Trinajstić information content (AvgIpc) is 3.36. The van der Waals surface area contributed by atoms with Crippen molar-refractivity contribution in [2.75, 3.05) is 33.0 Å². The number of ether oxygens (including phenoxy) is 7. The van der Waals surface area contributed by atoms with Crippen LogP contribution in [0.15, 0.2) is 36.4 Å². The zero-order valence-corrected chi connectivity index (χ0v) is 42.2. The molecule has 4 saturated heterocycles. The second kappa shape index (κ2) is 29.5. The summed E-state index contributed by atoms with van der Waals surface area (Å²) in [6, 6.07) is 0.225. The molecule has 20 atom stereocenters. The van der Waals surface area contributed by atoms with Crippen LogP contribution in [0.1, 0.15) is 89.4 Å². The lowest BCUT2D eigenvalue weighted by Crippen LogP contribution is -2.71. The first kappa shape index (κ1) is 60.9. The predicted molar refractivity (Wildman–Crippen MR) is 256 cm³/mol. The summed E-state index contributed by atoms with van der Waals surface area (Å²) in [4.78, 5) is 51.0. The monoisotopic (exact) mass is 1060 g/mol. The molecule has 20 unspecified atom stereocenters. The van der Waals surface area contributed by atoms with Crippen LogP contribution in [-0.4, -0.2) is 224 Å². The van der Waals surface area contributed by atoms with Crippen LogP contribution in [0, 0.1) is 5.92 Å². The first-order valence-corrected chi connectivity index (χ1v) is 25.3. The van der Waals surface area contributed by atoms with Gasteiger partial charge in [0, 0.05) is 32.3 Å². The van der Waals surface area contributed by atoms with Gasteiger partial charge in [-0.15, -0.1) is 0 Å². The normalized spacial score (nSPS) is 36.5. The molecule has 14 N–H and O–H groups in total. The molecule has 4 amide bonds. The molecule has 0 saturated carbocycles. The number of rotatable bonds is 25. The number of amides is 4. The van der Waals surface area contributed by atoms with E-state index in [0.717, 1.165) is 46.5 Å². The van der Waals surface area contributed by atoms with Gasteiger partial charge in [0.05, 0.1) is 57.4 Å². The summed E-state index contributed by atoms with van der Waals surface area (Å²) in [5.41, 5.74) is 0.0895. The molecule has 5 rings (SSSR count). The average molecular weight is 1060 g/mol. The Morgan fingerprint density at radius 1 is 0.568 bits per heavy atom. The summed E-state index contributed by atoms with van der Waals surface area (Å²) in [5.74, 6) is -3.51. The maximum absolute atomic E-state index is 13.8. The molecule has 0 radical (unpaired) electrons. The van der Waals surface area contributed by atoms with E-state index in [2.05, 4.69) is 40.3 Å². The van der Waals surface area contributed by atoms with Crippen LogP contribution in [0.5, 0.6) is 5.75 Å². The van der Waals surface area contributed by atoms with Crippen molar-refractivity contribution in [3.05, 3.63) is 42.0 Å². The molecule has 1 aromatic carbocycles. The van der Waals surface area contributed by atoms with Gasteiger partial charge in [-0.3, -0.25) is 19.2 Å². The number of aliphatic hydroxyl groups is 10. The second-order valence-corrected chi connectivity index (χ2v) is 19.2. The van der Waals surface area contributed by atoms with Crippen molar-refractivity contribution < 1.29 is 103 Å². The van der Waals surface area contributed by atoms with E-state index in [4.69, 9.17) is 33.2 Å². The summed E-state index contributed by atoms with van der Waals surface area (Å²) in [6.07, 6.45) is -13.3. The largest absolute Gasteiger partial charge is 0.494 e. The van der Waals surface area contributed by atoms with Crippen molar-refractivity contribution in [2.24, 2.45) is 5.92 Å². The van der Waals surface area contributed by atoms with Crippen molar-refractivity contribution in [1.82, 2.24) is 21.3 Å². The van der Waals surface area contributed by atoms with Crippen molar-refractivity contribution in [2.45, 2.75) is 195 Å². The quantitative estimate of drug-likeness (QED) is 0.0333. The summed E-state index contributed by atoms with van der Waals surface area (Å²) in [5, 5.41) is 120. The molecule has 0 aromatic heterocycles. The van der Waals surface area contributed by atoms with E-state index < -0.39 is 172 Å². The Bertz CT molecular complexity index is 1950. The minimum absolute atomic E-state index is 0.0895. The molecule has 25 nitrogen and oxygen atoms in total. The van der Waals surface area contributed by atoms with E-state index in [0.29, 0.717) is 12.4 Å². The van der Waals surface area contributed by atoms with Gasteiger partial charge in [-0.25, -0.2) is 0 Å². The van der Waals surface area contributed by atoms with Crippen molar-refractivity contribution in [1.29, 1.82) is 0 Å². The molecule has 25 heteroatoms. The van der Waals surface area contributed by atoms with Gasteiger partial charge in [0.15, 0.2) is 18.9 Å². The van der Waals surface area contributed by atoms with E-state index >= 15 is 0 Å². The Balaban J connectivity index is 1.32. The van der Waals surface area contributed by atoms with Crippen LogP contribution in [0.4, 0.5) is 0 Å². The third-order valence-electron chi connectivity index (χ3n) is 13.6. The lowest BCUT2D eigenvalue weighted by molar-refractivity contribution is -0.347. The van der Waals surface area contributed by atoms with Crippen LogP contribution >= 0.6 is 0 Å². The summed E-state index contributed by atoms with van der Waals surface area (Å²) < 4.78 is 41.9. The maximum atomic E-state index is 13.8. The lowest BCUT2D eigenvalue weighted by atomic mass is 9.80. The molecule has 0 bridgehead atoms. The van der Waals surface area contributed by atoms with Crippen LogP contribution < -0.4 is 26.0 Å². The summed E-state index contributed by atoms with van der Waals surface area (Å²) in [6.45, 7) is 2.59. The predicted octanol–water partition coefficient (Wildman–Crippen LogP) is -3.53. The van der Waals surface area contributed by atoms with Crippen molar-refractivity contribution >= 4 is 23.6 Å². The highest BCUT2D eigenvalue weighted by molar-refractivity contribution is 5.94. The molecule has 74 heavy (non-hydrogen) atoms. The van der Waals surface area contributed by atoms with E-state index in [1.165, 1.54) is 31.4 Å². The molecule has 0 spiro atoms. The zero-order chi connectivity index (χ0) is 54.2. The lowest BCUT2D eigenvalue weighted by Gasteiger charge is -2.51. The highest BCUT2D eigenvalue weighted by Gasteiger charge is 2.56. The van der Waals surface area contributed by atoms with Gasteiger partial charge in [0.25, 0.3) is 5.91 Å². The zero-order valence-electron chi connectivity index (χ0n) is 42.2. The van der Waals surface area contributed by atoms with Crippen LogP contribution in [0.2, 0.25) is 0 Å². The van der Waals surface area contributed by atoms with Gasteiger partial charge in [-0.2, -0.15) is 0 Å². The number of hydrogen-bond acceptors (Lipinski definition) is 21. The first-order chi connectivity index (χ1) is 35.4. The molecule has 0 aliphatic carbocycles. The van der Waals surface area contributed by atoms with Gasteiger partial charge >= 0.3 is 0 Å². The highest BCUT2D eigenvalue weighted by atomic mass is 16.7. The van der Waals surface area contributed by atoms with Gasteiger partial charge < -0.3 is 105 Å². The van der Waals surface area contributed by atoms with E-state index in [1.807, 2.05) is 0 Å². The molecule has 420 valence electrons.